The highest BCUT2D eigenvalue weighted by Gasteiger charge is 2.31. The van der Waals surface area contributed by atoms with Gasteiger partial charge in [-0.1, -0.05) is 12.1 Å². The van der Waals surface area contributed by atoms with Gasteiger partial charge in [0.05, 0.1) is 4.92 Å². The molecule has 0 fully saturated rings. The second-order valence-electron chi connectivity index (χ2n) is 4.26. The van der Waals surface area contributed by atoms with Crippen LogP contribution in [0.4, 0.5) is 23.2 Å². The number of alkyl halides is 3. The van der Waals surface area contributed by atoms with Gasteiger partial charge < -0.3 is 4.74 Å². The highest BCUT2D eigenvalue weighted by molar-refractivity contribution is 5.75. The first-order valence-electron chi connectivity index (χ1n) is 5.96. The Morgan fingerprint density at radius 3 is 2.22 bits per heavy atom. The summed E-state index contributed by atoms with van der Waals surface area (Å²) in [5.41, 5.74) is -1.27. The van der Waals surface area contributed by atoms with Gasteiger partial charge in [0.2, 0.25) is 5.82 Å². The first kappa shape index (κ1) is 16.2. The normalized spacial score (nSPS) is 10.9. The van der Waals surface area contributed by atoms with Gasteiger partial charge in [0.25, 0.3) is 0 Å². The lowest BCUT2D eigenvalue weighted by atomic mass is 9.98. The molecule has 0 N–H and O–H groups in total. The molecular formula is C14H6F4N2O3. The van der Waals surface area contributed by atoms with E-state index >= 15 is 0 Å². The predicted molar refractivity (Wildman–Crippen MR) is 69.9 cm³/mol. The SMILES string of the molecule is N#Cc1c(-c2ccc(OC(F)(F)F)cc2)ccc(F)c1[N+](=O)[O-]. The number of nitriles is 1. The van der Waals surface area contributed by atoms with Crippen molar-refractivity contribution in [3.8, 4) is 22.9 Å². The van der Waals surface area contributed by atoms with Gasteiger partial charge in [0.1, 0.15) is 17.4 Å². The summed E-state index contributed by atoms with van der Waals surface area (Å²) < 4.78 is 53.5. The molecule has 0 bridgehead atoms. The van der Waals surface area contributed by atoms with Crippen LogP contribution in [0.3, 0.4) is 0 Å². The number of nitrogens with zero attached hydrogens (tertiary/aromatic N) is 2. The van der Waals surface area contributed by atoms with Crippen LogP contribution in [0.25, 0.3) is 11.1 Å². The highest BCUT2D eigenvalue weighted by Crippen LogP contribution is 2.33. The average molecular weight is 326 g/mol. The Labute approximate surface area is 126 Å². The zero-order chi connectivity index (χ0) is 17.2. The van der Waals surface area contributed by atoms with Crippen LogP contribution in [0.1, 0.15) is 5.56 Å². The van der Waals surface area contributed by atoms with E-state index in [1.54, 1.807) is 6.07 Å². The predicted octanol–water partition coefficient (Wildman–Crippen LogP) is 4.17. The Balaban J connectivity index is 2.49. The molecule has 0 saturated heterocycles. The fourth-order valence-corrected chi connectivity index (χ4v) is 1.93. The molecule has 0 aliphatic heterocycles. The lowest BCUT2D eigenvalue weighted by Crippen LogP contribution is -2.16. The molecule has 2 aromatic carbocycles. The fraction of sp³-hybridized carbons (Fsp3) is 0.0714. The second kappa shape index (κ2) is 5.92. The molecule has 0 unspecified atom stereocenters. The number of nitro benzene ring substituents is 1. The lowest BCUT2D eigenvalue weighted by molar-refractivity contribution is -0.387. The molecule has 0 atom stereocenters. The van der Waals surface area contributed by atoms with Crippen molar-refractivity contribution < 1.29 is 27.2 Å². The van der Waals surface area contributed by atoms with Crippen LogP contribution < -0.4 is 4.74 Å². The molecule has 0 saturated carbocycles. The molecule has 0 radical (unpaired) electrons. The minimum atomic E-state index is -4.85. The van der Waals surface area contributed by atoms with E-state index < -0.39 is 34.1 Å². The van der Waals surface area contributed by atoms with Gasteiger partial charge in [0, 0.05) is 5.56 Å². The smallest absolute Gasteiger partial charge is 0.406 e. The van der Waals surface area contributed by atoms with E-state index in [9.17, 15) is 27.7 Å². The summed E-state index contributed by atoms with van der Waals surface area (Å²) in [7, 11) is 0. The summed E-state index contributed by atoms with van der Waals surface area (Å²) in [5.74, 6) is -1.66. The summed E-state index contributed by atoms with van der Waals surface area (Å²) in [6.45, 7) is 0. The summed E-state index contributed by atoms with van der Waals surface area (Å²) in [6, 6.07) is 7.83. The third-order valence-corrected chi connectivity index (χ3v) is 2.82. The maximum Gasteiger partial charge on any atom is 0.573 e. The van der Waals surface area contributed by atoms with Crippen molar-refractivity contribution in [2.45, 2.75) is 6.36 Å². The van der Waals surface area contributed by atoms with Gasteiger partial charge in [-0.15, -0.1) is 13.2 Å². The van der Waals surface area contributed by atoms with Crippen molar-refractivity contribution in [1.29, 1.82) is 5.26 Å². The summed E-state index contributed by atoms with van der Waals surface area (Å²) in [6.07, 6.45) is -4.85. The molecule has 118 valence electrons. The van der Waals surface area contributed by atoms with E-state index in [1.165, 1.54) is 12.1 Å². The maximum atomic E-state index is 13.5. The maximum absolute atomic E-state index is 13.5. The van der Waals surface area contributed by atoms with Crippen molar-refractivity contribution in [3.05, 3.63) is 57.9 Å². The zero-order valence-electron chi connectivity index (χ0n) is 11.1. The van der Waals surface area contributed by atoms with Crippen LogP contribution >= 0.6 is 0 Å². The van der Waals surface area contributed by atoms with Crippen LogP contribution in [-0.2, 0) is 0 Å². The third kappa shape index (κ3) is 3.55. The largest absolute Gasteiger partial charge is 0.573 e. The van der Waals surface area contributed by atoms with E-state index in [-0.39, 0.29) is 11.1 Å². The first-order chi connectivity index (χ1) is 10.7. The Morgan fingerprint density at radius 1 is 1.13 bits per heavy atom. The topological polar surface area (TPSA) is 76.2 Å². The van der Waals surface area contributed by atoms with Gasteiger partial charge in [-0.3, -0.25) is 10.1 Å². The minimum Gasteiger partial charge on any atom is -0.406 e. The minimum absolute atomic E-state index is 0.0270. The summed E-state index contributed by atoms with van der Waals surface area (Å²) >= 11 is 0. The molecule has 0 amide bonds. The van der Waals surface area contributed by atoms with Crippen LogP contribution in [0, 0.1) is 27.3 Å². The van der Waals surface area contributed by atoms with Crippen LogP contribution in [0.2, 0.25) is 0 Å². The van der Waals surface area contributed by atoms with Gasteiger partial charge in [-0.05, 0) is 29.8 Å². The van der Waals surface area contributed by atoms with E-state index in [2.05, 4.69) is 4.74 Å². The second-order valence-corrected chi connectivity index (χ2v) is 4.26. The molecular weight excluding hydrogens is 320 g/mol. The quantitative estimate of drug-likeness (QED) is 0.482. The number of rotatable bonds is 3. The number of ether oxygens (including phenoxy) is 1. The molecule has 9 heteroatoms. The summed E-state index contributed by atoms with van der Waals surface area (Å²) in [5, 5.41) is 19.9. The van der Waals surface area contributed by atoms with E-state index in [0.717, 1.165) is 24.3 Å². The Kier molecular flexibility index (Phi) is 4.18. The Morgan fingerprint density at radius 2 is 1.74 bits per heavy atom. The van der Waals surface area contributed by atoms with Crippen LogP contribution in [0.5, 0.6) is 5.75 Å². The van der Waals surface area contributed by atoms with Crippen molar-refractivity contribution in [1.82, 2.24) is 0 Å². The van der Waals surface area contributed by atoms with E-state index in [0.29, 0.717) is 0 Å². The number of benzene rings is 2. The van der Waals surface area contributed by atoms with Crippen LogP contribution in [-0.4, -0.2) is 11.3 Å². The van der Waals surface area contributed by atoms with Crippen molar-refractivity contribution >= 4 is 5.69 Å². The molecule has 0 heterocycles. The number of halogens is 4. The molecule has 0 aliphatic carbocycles. The molecule has 23 heavy (non-hydrogen) atoms. The first-order valence-corrected chi connectivity index (χ1v) is 5.96. The van der Waals surface area contributed by atoms with E-state index in [4.69, 9.17) is 5.26 Å². The average Bonchev–Trinajstić information content (AvgIpc) is 2.45. The number of nitro groups is 1. The third-order valence-electron chi connectivity index (χ3n) is 2.82. The molecule has 0 spiro atoms. The molecule has 2 aromatic rings. The van der Waals surface area contributed by atoms with Gasteiger partial charge in [-0.25, -0.2) is 0 Å². The molecule has 2 rings (SSSR count). The fourth-order valence-electron chi connectivity index (χ4n) is 1.93. The Hall–Kier alpha value is -3.15. The number of hydrogen-bond acceptors (Lipinski definition) is 4. The number of hydrogen-bond donors (Lipinski definition) is 0. The van der Waals surface area contributed by atoms with Gasteiger partial charge >= 0.3 is 12.0 Å². The molecule has 0 aliphatic rings. The van der Waals surface area contributed by atoms with Gasteiger partial charge in [0.15, 0.2) is 0 Å². The van der Waals surface area contributed by atoms with Crippen molar-refractivity contribution in [3.63, 3.8) is 0 Å². The van der Waals surface area contributed by atoms with Crippen molar-refractivity contribution in [2.75, 3.05) is 0 Å². The van der Waals surface area contributed by atoms with Gasteiger partial charge in [-0.2, -0.15) is 9.65 Å². The lowest BCUT2D eigenvalue weighted by Gasteiger charge is -2.10. The molecule has 0 aromatic heterocycles. The van der Waals surface area contributed by atoms with Crippen molar-refractivity contribution in [2.24, 2.45) is 0 Å². The highest BCUT2D eigenvalue weighted by atomic mass is 19.4. The zero-order valence-corrected chi connectivity index (χ0v) is 11.1. The monoisotopic (exact) mass is 326 g/mol. The molecule has 5 nitrogen and oxygen atoms in total. The van der Waals surface area contributed by atoms with Crippen LogP contribution in [0.15, 0.2) is 36.4 Å². The van der Waals surface area contributed by atoms with E-state index in [1.807, 2.05) is 0 Å². The Bertz CT molecular complexity index is 795. The summed E-state index contributed by atoms with van der Waals surface area (Å²) in [4.78, 5) is 9.84. The standard InChI is InChI=1S/C14H6F4N2O3/c15-12-6-5-10(11(7-19)13(12)20(21)22)8-1-3-9(4-2-8)23-14(16,17)18/h1-6H.